The molecule has 1 atom stereocenters. The third-order valence-electron chi connectivity index (χ3n) is 5.07. The van der Waals surface area contributed by atoms with Crippen LogP contribution in [0.1, 0.15) is 44.2 Å². The smallest absolute Gasteiger partial charge is 0.223 e. The van der Waals surface area contributed by atoms with Crippen molar-refractivity contribution in [2.75, 3.05) is 6.54 Å². The Labute approximate surface area is 119 Å². The van der Waals surface area contributed by atoms with Crippen molar-refractivity contribution in [1.29, 1.82) is 0 Å². The number of likely N-dealkylation sites (tertiary alicyclic amines) is 1. The van der Waals surface area contributed by atoms with E-state index in [-0.39, 0.29) is 17.6 Å². The number of aliphatic hydroxyl groups is 1. The van der Waals surface area contributed by atoms with Gasteiger partial charge in [0.2, 0.25) is 5.91 Å². The SMILES string of the molecule is Cn1cncc1CCC(=O)N1CCC(O)C12CCCC2. The van der Waals surface area contributed by atoms with E-state index in [9.17, 15) is 9.90 Å². The number of hydrogen-bond donors (Lipinski definition) is 1. The summed E-state index contributed by atoms with van der Waals surface area (Å²) in [7, 11) is 1.95. The summed E-state index contributed by atoms with van der Waals surface area (Å²) < 4.78 is 1.96. The number of nitrogens with zero attached hydrogens (tertiary/aromatic N) is 3. The first-order valence-corrected chi connectivity index (χ1v) is 7.57. The topological polar surface area (TPSA) is 58.4 Å². The molecule has 2 aliphatic rings. The van der Waals surface area contributed by atoms with E-state index >= 15 is 0 Å². The highest BCUT2D eigenvalue weighted by atomic mass is 16.3. The minimum absolute atomic E-state index is 0.185. The Bertz CT molecular complexity index is 491. The molecule has 3 rings (SSSR count). The molecule has 2 fully saturated rings. The molecule has 2 heterocycles. The summed E-state index contributed by atoms with van der Waals surface area (Å²) in [6.07, 6.45) is 9.40. The second kappa shape index (κ2) is 5.20. The van der Waals surface area contributed by atoms with E-state index in [1.54, 1.807) is 6.33 Å². The Morgan fingerprint density at radius 3 is 2.90 bits per heavy atom. The van der Waals surface area contributed by atoms with Gasteiger partial charge in [-0.25, -0.2) is 4.98 Å². The van der Waals surface area contributed by atoms with Gasteiger partial charge in [-0.05, 0) is 25.7 Å². The Morgan fingerprint density at radius 2 is 2.25 bits per heavy atom. The van der Waals surface area contributed by atoms with Gasteiger partial charge < -0.3 is 14.6 Å². The Kier molecular flexibility index (Phi) is 3.54. The maximum absolute atomic E-state index is 12.5. The molecule has 0 radical (unpaired) electrons. The zero-order chi connectivity index (χ0) is 14.2. The lowest BCUT2D eigenvalue weighted by Gasteiger charge is -2.37. The highest BCUT2D eigenvalue weighted by Crippen LogP contribution is 2.43. The molecule has 1 spiro atoms. The number of amides is 1. The molecule has 1 N–H and O–H groups in total. The van der Waals surface area contributed by atoms with Gasteiger partial charge in [-0.15, -0.1) is 0 Å². The lowest BCUT2D eigenvalue weighted by atomic mass is 9.91. The average molecular weight is 277 g/mol. The van der Waals surface area contributed by atoms with E-state index in [2.05, 4.69) is 4.98 Å². The van der Waals surface area contributed by atoms with E-state index in [0.717, 1.165) is 44.2 Å². The molecule has 1 aliphatic heterocycles. The van der Waals surface area contributed by atoms with Crippen LogP contribution in [-0.4, -0.2) is 43.7 Å². The highest BCUT2D eigenvalue weighted by Gasteiger charge is 2.51. The predicted octanol–water partition coefficient (Wildman–Crippen LogP) is 1.26. The molecule has 1 aliphatic carbocycles. The summed E-state index contributed by atoms with van der Waals surface area (Å²) in [6, 6.07) is 0. The van der Waals surface area contributed by atoms with Gasteiger partial charge in [0.15, 0.2) is 0 Å². The number of aromatic nitrogens is 2. The van der Waals surface area contributed by atoms with Crippen LogP contribution in [0.3, 0.4) is 0 Å². The number of imidazole rings is 1. The maximum atomic E-state index is 12.5. The van der Waals surface area contributed by atoms with E-state index in [1.807, 2.05) is 22.7 Å². The van der Waals surface area contributed by atoms with Crippen LogP contribution >= 0.6 is 0 Å². The van der Waals surface area contributed by atoms with Crippen LogP contribution in [-0.2, 0) is 18.3 Å². The number of carbonyl (C=O) groups excluding carboxylic acids is 1. The molecule has 5 nitrogen and oxygen atoms in total. The second-order valence-corrected chi connectivity index (χ2v) is 6.16. The number of rotatable bonds is 3. The van der Waals surface area contributed by atoms with Gasteiger partial charge in [0.1, 0.15) is 0 Å². The predicted molar refractivity (Wildman–Crippen MR) is 75.1 cm³/mol. The molecule has 1 saturated heterocycles. The van der Waals surface area contributed by atoms with Crippen LogP contribution in [0, 0.1) is 0 Å². The summed E-state index contributed by atoms with van der Waals surface area (Å²) in [5.41, 5.74) is 0.836. The summed E-state index contributed by atoms with van der Waals surface area (Å²) in [5, 5.41) is 10.3. The first-order valence-electron chi connectivity index (χ1n) is 7.57. The van der Waals surface area contributed by atoms with Crippen LogP contribution < -0.4 is 0 Å². The second-order valence-electron chi connectivity index (χ2n) is 6.16. The summed E-state index contributed by atoms with van der Waals surface area (Å²) in [5.74, 6) is 0.185. The van der Waals surface area contributed by atoms with E-state index in [4.69, 9.17) is 0 Å². The minimum atomic E-state index is -0.328. The average Bonchev–Trinajstić information content (AvgIpc) is 3.13. The van der Waals surface area contributed by atoms with Crippen molar-refractivity contribution >= 4 is 5.91 Å². The van der Waals surface area contributed by atoms with Gasteiger partial charge >= 0.3 is 0 Å². The van der Waals surface area contributed by atoms with Crippen LogP contribution in [0.5, 0.6) is 0 Å². The lowest BCUT2D eigenvalue weighted by molar-refractivity contribution is -0.137. The standard InChI is InChI=1S/C15H23N3O2/c1-17-11-16-10-12(17)4-5-14(20)18-9-6-13(19)15(18)7-2-3-8-15/h10-11,13,19H,2-9H2,1H3. The van der Waals surface area contributed by atoms with E-state index in [0.29, 0.717) is 13.0 Å². The Balaban J connectivity index is 1.66. The molecule has 1 aromatic heterocycles. The third-order valence-corrected chi connectivity index (χ3v) is 5.07. The van der Waals surface area contributed by atoms with Crippen molar-refractivity contribution in [3.8, 4) is 0 Å². The van der Waals surface area contributed by atoms with Gasteiger partial charge in [-0.2, -0.15) is 0 Å². The monoisotopic (exact) mass is 277 g/mol. The molecular weight excluding hydrogens is 254 g/mol. The number of hydrogen-bond acceptors (Lipinski definition) is 3. The highest BCUT2D eigenvalue weighted by molar-refractivity contribution is 5.78. The van der Waals surface area contributed by atoms with Gasteiger partial charge in [0, 0.05) is 31.9 Å². The molecule has 20 heavy (non-hydrogen) atoms. The van der Waals surface area contributed by atoms with Gasteiger partial charge in [0.05, 0.1) is 18.0 Å². The Hall–Kier alpha value is -1.36. The molecule has 1 amide bonds. The van der Waals surface area contributed by atoms with Crippen molar-refractivity contribution in [3.63, 3.8) is 0 Å². The number of carbonyl (C=O) groups is 1. The zero-order valence-electron chi connectivity index (χ0n) is 12.1. The van der Waals surface area contributed by atoms with Crippen molar-refractivity contribution in [2.24, 2.45) is 7.05 Å². The van der Waals surface area contributed by atoms with E-state index in [1.165, 1.54) is 0 Å². The van der Waals surface area contributed by atoms with Gasteiger partial charge in [-0.1, -0.05) is 12.8 Å². The van der Waals surface area contributed by atoms with Gasteiger partial charge in [-0.3, -0.25) is 4.79 Å². The molecule has 1 saturated carbocycles. The summed E-state index contributed by atoms with van der Waals surface area (Å²) in [6.45, 7) is 0.714. The molecule has 1 aromatic rings. The van der Waals surface area contributed by atoms with Crippen molar-refractivity contribution in [1.82, 2.24) is 14.5 Å². The fourth-order valence-corrected chi connectivity index (χ4v) is 3.88. The summed E-state index contributed by atoms with van der Waals surface area (Å²) in [4.78, 5) is 18.6. The molecule has 0 aromatic carbocycles. The van der Waals surface area contributed by atoms with Crippen molar-refractivity contribution in [2.45, 2.75) is 56.6 Å². The molecule has 1 unspecified atom stereocenters. The van der Waals surface area contributed by atoms with Crippen molar-refractivity contribution in [3.05, 3.63) is 18.2 Å². The molecule has 110 valence electrons. The first-order chi connectivity index (χ1) is 9.63. The molecule has 5 heteroatoms. The Morgan fingerprint density at radius 1 is 1.50 bits per heavy atom. The fraction of sp³-hybridized carbons (Fsp3) is 0.733. The quantitative estimate of drug-likeness (QED) is 0.905. The van der Waals surface area contributed by atoms with Crippen LogP contribution in [0.25, 0.3) is 0 Å². The van der Waals surface area contributed by atoms with Crippen molar-refractivity contribution < 1.29 is 9.90 Å². The number of aryl methyl sites for hydroxylation is 2. The van der Waals surface area contributed by atoms with Crippen LogP contribution in [0.2, 0.25) is 0 Å². The zero-order valence-corrected chi connectivity index (χ0v) is 12.1. The first kappa shape index (κ1) is 13.6. The molecule has 0 bridgehead atoms. The minimum Gasteiger partial charge on any atom is -0.391 e. The normalized spacial score (nSPS) is 24.7. The van der Waals surface area contributed by atoms with Crippen LogP contribution in [0.4, 0.5) is 0 Å². The maximum Gasteiger partial charge on any atom is 0.223 e. The molecular formula is C15H23N3O2. The lowest BCUT2D eigenvalue weighted by Crippen LogP contribution is -2.50. The van der Waals surface area contributed by atoms with Gasteiger partial charge in [0.25, 0.3) is 0 Å². The van der Waals surface area contributed by atoms with E-state index < -0.39 is 0 Å². The largest absolute Gasteiger partial charge is 0.391 e. The van der Waals surface area contributed by atoms with Crippen LogP contribution in [0.15, 0.2) is 12.5 Å². The number of aliphatic hydroxyl groups excluding tert-OH is 1. The summed E-state index contributed by atoms with van der Waals surface area (Å²) >= 11 is 0. The third kappa shape index (κ3) is 2.14. The fourth-order valence-electron chi connectivity index (χ4n) is 3.88.